The molecule has 0 atom stereocenters. The van der Waals surface area contributed by atoms with Gasteiger partial charge in [-0.2, -0.15) is 0 Å². The molecular formula is C20H23Cl2F2N3O2S. The highest BCUT2D eigenvalue weighted by atomic mass is 35.5. The van der Waals surface area contributed by atoms with E-state index in [1.54, 1.807) is 41.8 Å². The van der Waals surface area contributed by atoms with E-state index < -0.39 is 22.3 Å². The third kappa shape index (κ3) is 5.18. The van der Waals surface area contributed by atoms with Crippen molar-refractivity contribution in [3.63, 3.8) is 0 Å². The van der Waals surface area contributed by atoms with Crippen LogP contribution in [0.4, 0.5) is 8.78 Å². The molecule has 0 radical (unpaired) electrons. The summed E-state index contributed by atoms with van der Waals surface area (Å²) in [5.41, 5.74) is 8.74. The summed E-state index contributed by atoms with van der Waals surface area (Å²) in [4.78, 5) is 4.55. The van der Waals surface area contributed by atoms with Crippen LogP contribution in [0.2, 0.25) is 0 Å². The Bertz CT molecular complexity index is 1180. The van der Waals surface area contributed by atoms with Crippen molar-refractivity contribution in [2.75, 3.05) is 12.8 Å². The molecule has 0 amide bonds. The first-order chi connectivity index (χ1) is 13.3. The van der Waals surface area contributed by atoms with Crippen molar-refractivity contribution in [1.82, 2.24) is 9.55 Å². The quantitative estimate of drug-likeness (QED) is 0.565. The van der Waals surface area contributed by atoms with Crippen LogP contribution in [0.5, 0.6) is 0 Å². The molecule has 0 aliphatic rings. The molecule has 3 aromatic rings. The highest BCUT2D eigenvalue weighted by Crippen LogP contribution is 2.35. The molecule has 0 bridgehead atoms. The number of nitrogens with zero attached hydrogens (tertiary/aromatic N) is 2. The highest BCUT2D eigenvalue weighted by molar-refractivity contribution is 7.90. The Morgan fingerprint density at radius 2 is 1.93 bits per heavy atom. The van der Waals surface area contributed by atoms with E-state index in [2.05, 4.69) is 4.98 Å². The zero-order chi connectivity index (χ0) is 20.5. The van der Waals surface area contributed by atoms with E-state index in [4.69, 9.17) is 5.73 Å². The largest absolute Gasteiger partial charge is 0.336 e. The lowest BCUT2D eigenvalue weighted by atomic mass is 10.1. The van der Waals surface area contributed by atoms with Crippen LogP contribution in [0.3, 0.4) is 0 Å². The molecule has 3 rings (SSSR count). The van der Waals surface area contributed by atoms with E-state index in [1.165, 1.54) is 12.1 Å². The molecule has 0 fully saturated rings. The van der Waals surface area contributed by atoms with Gasteiger partial charge in [0, 0.05) is 24.1 Å². The van der Waals surface area contributed by atoms with Crippen molar-refractivity contribution < 1.29 is 17.2 Å². The van der Waals surface area contributed by atoms with Gasteiger partial charge in [-0.1, -0.05) is 12.1 Å². The Hall–Kier alpha value is -2.00. The van der Waals surface area contributed by atoms with Crippen molar-refractivity contribution in [3.8, 4) is 11.1 Å². The van der Waals surface area contributed by atoms with Crippen molar-refractivity contribution in [1.29, 1.82) is 0 Å². The number of nitrogens with two attached hydrogens (primary N) is 1. The van der Waals surface area contributed by atoms with E-state index in [-0.39, 0.29) is 48.5 Å². The lowest BCUT2D eigenvalue weighted by Crippen LogP contribution is -2.03. The second-order valence-electron chi connectivity index (χ2n) is 6.54. The van der Waals surface area contributed by atoms with Gasteiger partial charge in [0.05, 0.1) is 28.2 Å². The van der Waals surface area contributed by atoms with E-state index in [9.17, 15) is 17.2 Å². The summed E-state index contributed by atoms with van der Waals surface area (Å²) in [5, 5.41) is 0. The van der Waals surface area contributed by atoms with Crippen LogP contribution >= 0.6 is 24.8 Å². The predicted molar refractivity (Wildman–Crippen MR) is 121 cm³/mol. The normalized spacial score (nSPS) is 11.8. The number of fused-ring (bicyclic) bond motifs is 1. The number of halogens is 4. The minimum absolute atomic E-state index is 0. The second kappa shape index (κ2) is 10.3. The van der Waals surface area contributed by atoms with Crippen LogP contribution in [0.1, 0.15) is 11.4 Å². The number of aromatic nitrogens is 2. The van der Waals surface area contributed by atoms with Gasteiger partial charge >= 0.3 is 0 Å². The summed E-state index contributed by atoms with van der Waals surface area (Å²) in [6.45, 7) is 1.11. The van der Waals surface area contributed by atoms with E-state index in [0.717, 1.165) is 6.26 Å². The number of sulfone groups is 1. The van der Waals surface area contributed by atoms with Crippen molar-refractivity contribution >= 4 is 45.7 Å². The number of pyridine rings is 1. The minimum Gasteiger partial charge on any atom is -0.336 e. The number of allylic oxidation sites excluding steroid dienone is 1. The molecule has 1 aromatic carbocycles. The van der Waals surface area contributed by atoms with Gasteiger partial charge in [0.1, 0.15) is 12.5 Å². The molecule has 164 valence electrons. The molecule has 10 heteroatoms. The monoisotopic (exact) mass is 477 g/mol. The second-order valence-corrected chi connectivity index (χ2v) is 8.55. The zero-order valence-corrected chi connectivity index (χ0v) is 18.9. The Kier molecular flexibility index (Phi) is 8.98. The van der Waals surface area contributed by atoms with Crippen LogP contribution in [0.15, 0.2) is 53.2 Å². The standard InChI is InChI=1S/C20H21F2N3O2S.2ClH/c1-13-19(14-4-3-5-17(10-14)28(2,26)27)20-18(7-6-16(11-21)24-20)25(13)12-15(22)8-9-23;;/h3-8,10H,9,11-12,23H2,1-2H3;2*1H/b15-8-;;. The third-order valence-electron chi connectivity index (χ3n) is 4.56. The van der Waals surface area contributed by atoms with Gasteiger partial charge in [0.2, 0.25) is 0 Å². The van der Waals surface area contributed by atoms with Crippen molar-refractivity contribution in [2.24, 2.45) is 5.73 Å². The summed E-state index contributed by atoms with van der Waals surface area (Å²) in [5.74, 6) is -0.395. The maximum absolute atomic E-state index is 14.2. The van der Waals surface area contributed by atoms with E-state index in [0.29, 0.717) is 27.9 Å². The molecule has 0 spiro atoms. The van der Waals surface area contributed by atoms with Gasteiger partial charge in [-0.25, -0.2) is 22.2 Å². The van der Waals surface area contributed by atoms with Crippen LogP contribution in [-0.4, -0.2) is 30.8 Å². The maximum atomic E-state index is 14.2. The van der Waals surface area contributed by atoms with E-state index in [1.807, 2.05) is 0 Å². The minimum atomic E-state index is -3.40. The maximum Gasteiger partial charge on any atom is 0.175 e. The molecule has 2 aromatic heterocycles. The first-order valence-electron chi connectivity index (χ1n) is 8.66. The Morgan fingerprint density at radius 3 is 2.53 bits per heavy atom. The van der Waals surface area contributed by atoms with Gasteiger partial charge < -0.3 is 10.3 Å². The summed E-state index contributed by atoms with van der Waals surface area (Å²) in [7, 11) is -3.40. The van der Waals surface area contributed by atoms with Gasteiger partial charge in [-0.3, -0.25) is 0 Å². The molecule has 0 aliphatic carbocycles. The molecule has 2 heterocycles. The molecule has 0 saturated carbocycles. The van der Waals surface area contributed by atoms with Crippen LogP contribution in [-0.2, 0) is 23.1 Å². The van der Waals surface area contributed by atoms with Crippen molar-refractivity contribution in [2.45, 2.75) is 25.0 Å². The van der Waals surface area contributed by atoms with Crippen molar-refractivity contribution in [3.05, 3.63) is 59.7 Å². The SMILES string of the molecule is Cc1c(-c2cccc(S(C)(=O)=O)c2)c2nc(CF)ccc2n1C/C(F)=C/CN.Cl.Cl. The fraction of sp³-hybridized carbons (Fsp3) is 0.250. The van der Waals surface area contributed by atoms with Gasteiger partial charge in [-0.05, 0) is 42.8 Å². The molecule has 2 N–H and O–H groups in total. The van der Waals surface area contributed by atoms with Crippen LogP contribution in [0.25, 0.3) is 22.2 Å². The number of hydrogen-bond donors (Lipinski definition) is 1. The van der Waals surface area contributed by atoms with E-state index >= 15 is 0 Å². The molecule has 0 saturated heterocycles. The lowest BCUT2D eigenvalue weighted by molar-refractivity contribution is 0.477. The average Bonchev–Trinajstić information content (AvgIpc) is 2.92. The molecule has 30 heavy (non-hydrogen) atoms. The van der Waals surface area contributed by atoms with Crippen LogP contribution < -0.4 is 5.73 Å². The number of hydrogen-bond acceptors (Lipinski definition) is 4. The first-order valence-corrected chi connectivity index (χ1v) is 10.5. The Balaban J connectivity index is 0.00000225. The molecule has 0 aliphatic heterocycles. The average molecular weight is 478 g/mol. The Morgan fingerprint density at radius 1 is 1.23 bits per heavy atom. The fourth-order valence-electron chi connectivity index (χ4n) is 3.23. The summed E-state index contributed by atoms with van der Waals surface area (Å²) in [6, 6.07) is 9.72. The number of alkyl halides is 1. The predicted octanol–water partition coefficient (Wildman–Crippen LogP) is 4.54. The van der Waals surface area contributed by atoms with Gasteiger partial charge in [0.15, 0.2) is 9.84 Å². The summed E-state index contributed by atoms with van der Waals surface area (Å²) in [6.07, 6.45) is 2.42. The van der Waals surface area contributed by atoms with Gasteiger partial charge in [0.25, 0.3) is 0 Å². The lowest BCUT2D eigenvalue weighted by Gasteiger charge is -2.08. The fourth-order valence-corrected chi connectivity index (χ4v) is 3.90. The zero-order valence-electron chi connectivity index (χ0n) is 16.4. The summed E-state index contributed by atoms with van der Waals surface area (Å²) >= 11 is 0. The highest BCUT2D eigenvalue weighted by Gasteiger charge is 2.19. The summed E-state index contributed by atoms with van der Waals surface area (Å²) < 4.78 is 53.0. The third-order valence-corrected chi connectivity index (χ3v) is 5.67. The smallest absolute Gasteiger partial charge is 0.175 e. The van der Waals surface area contributed by atoms with Crippen LogP contribution in [0, 0.1) is 6.92 Å². The topological polar surface area (TPSA) is 78.0 Å². The number of benzene rings is 1. The number of rotatable bonds is 6. The molecule has 5 nitrogen and oxygen atoms in total. The molecular weight excluding hydrogens is 455 g/mol. The molecule has 0 unspecified atom stereocenters. The van der Waals surface area contributed by atoms with Gasteiger partial charge in [-0.15, -0.1) is 24.8 Å². The Labute approximate surface area is 186 Å². The first kappa shape index (κ1) is 26.0.